The van der Waals surface area contributed by atoms with Crippen molar-refractivity contribution >= 4 is 39.1 Å². The van der Waals surface area contributed by atoms with Crippen molar-refractivity contribution in [3.8, 4) is 5.75 Å². The number of carbonyl (C=O) groups excluding carboxylic acids is 1. The van der Waals surface area contributed by atoms with Gasteiger partial charge in [0.2, 0.25) is 0 Å². The van der Waals surface area contributed by atoms with Crippen LogP contribution in [0.3, 0.4) is 0 Å². The average Bonchev–Trinajstić information content (AvgIpc) is 2.56. The Labute approximate surface area is 153 Å². The smallest absolute Gasteiger partial charge is 0.279 e. The van der Waals surface area contributed by atoms with E-state index in [2.05, 4.69) is 21.2 Å². The van der Waals surface area contributed by atoms with Gasteiger partial charge >= 0.3 is 0 Å². The third kappa shape index (κ3) is 4.93. The number of carbonyl (C=O) groups is 1. The van der Waals surface area contributed by atoms with Crippen molar-refractivity contribution < 1.29 is 19.2 Å². The zero-order valence-electron chi connectivity index (χ0n) is 13.3. The molecule has 0 fully saturated rings. The van der Waals surface area contributed by atoms with Crippen molar-refractivity contribution in [1.82, 2.24) is 0 Å². The van der Waals surface area contributed by atoms with Crippen molar-refractivity contribution in [2.75, 3.05) is 19.0 Å². The third-order valence-electron chi connectivity index (χ3n) is 3.56. The molecule has 1 atom stereocenters. The maximum absolute atomic E-state index is 13.6. The van der Waals surface area contributed by atoms with Gasteiger partial charge in [-0.15, -0.1) is 0 Å². The second-order valence-electron chi connectivity index (χ2n) is 5.29. The van der Waals surface area contributed by atoms with E-state index >= 15 is 0 Å². The fraction of sp³-hybridized carbons (Fsp3) is 0.235. The van der Waals surface area contributed by atoms with Crippen molar-refractivity contribution in [3.05, 3.63) is 57.3 Å². The van der Waals surface area contributed by atoms with Gasteiger partial charge in [-0.2, -0.15) is 0 Å². The number of amides is 1. The molecule has 4 nitrogen and oxygen atoms in total. The lowest BCUT2D eigenvalue weighted by Gasteiger charge is -2.13. The van der Waals surface area contributed by atoms with E-state index in [0.717, 1.165) is 15.8 Å². The number of halogens is 3. The molecule has 0 saturated heterocycles. The first kappa shape index (κ1) is 18.7. The number of ether oxygens (including phenoxy) is 1. The van der Waals surface area contributed by atoms with Gasteiger partial charge in [-0.3, -0.25) is 4.79 Å². The Kier molecular flexibility index (Phi) is 6.60. The fourth-order valence-electron chi connectivity index (χ4n) is 2.18. The van der Waals surface area contributed by atoms with Crippen LogP contribution < -0.4 is 15.4 Å². The van der Waals surface area contributed by atoms with Crippen LogP contribution >= 0.6 is 27.5 Å². The number of nitrogens with two attached hydrogens (primary N) is 1. The zero-order chi connectivity index (χ0) is 17.7. The normalized spacial score (nSPS) is 11.9. The van der Waals surface area contributed by atoms with Crippen LogP contribution in [0.2, 0.25) is 5.02 Å². The Morgan fingerprint density at radius 2 is 2.12 bits per heavy atom. The van der Waals surface area contributed by atoms with Crippen LogP contribution in [0, 0.1) is 5.82 Å². The largest absolute Gasteiger partial charge is 0.496 e. The predicted molar refractivity (Wildman–Crippen MR) is 95.9 cm³/mol. The lowest BCUT2D eigenvalue weighted by Crippen LogP contribution is -2.86. The van der Waals surface area contributed by atoms with Crippen molar-refractivity contribution in [2.45, 2.75) is 13.0 Å². The summed E-state index contributed by atoms with van der Waals surface area (Å²) in [5.41, 5.74) is 1.13. The first-order valence-electron chi connectivity index (χ1n) is 7.32. The summed E-state index contributed by atoms with van der Waals surface area (Å²) < 4.78 is 19.7. The van der Waals surface area contributed by atoms with Gasteiger partial charge in [-0.1, -0.05) is 11.6 Å². The summed E-state index contributed by atoms with van der Waals surface area (Å²) in [5.74, 6) is -0.0596. The topological polar surface area (TPSA) is 54.9 Å². The van der Waals surface area contributed by atoms with Crippen molar-refractivity contribution in [1.29, 1.82) is 0 Å². The molecule has 0 aliphatic heterocycles. The molecule has 0 radical (unpaired) electrons. The molecule has 0 aliphatic rings. The number of quaternary nitrogens is 1. The van der Waals surface area contributed by atoms with Gasteiger partial charge in [0, 0.05) is 10.6 Å². The molecule has 0 aromatic heterocycles. The van der Waals surface area contributed by atoms with E-state index in [1.165, 1.54) is 18.2 Å². The lowest BCUT2D eigenvalue weighted by molar-refractivity contribution is -0.682. The minimum atomic E-state index is -0.514. The molecule has 0 spiro atoms. The van der Waals surface area contributed by atoms with Crippen LogP contribution in [-0.4, -0.2) is 19.6 Å². The molecule has 2 aromatic carbocycles. The first-order chi connectivity index (χ1) is 11.4. The van der Waals surface area contributed by atoms with Crippen LogP contribution in [0.5, 0.6) is 5.75 Å². The molecule has 2 aromatic rings. The number of anilines is 1. The Morgan fingerprint density at radius 1 is 1.38 bits per heavy atom. The van der Waals surface area contributed by atoms with E-state index in [1.807, 2.05) is 30.4 Å². The number of nitrogens with one attached hydrogen (secondary N) is 1. The molecule has 0 bridgehead atoms. The SMILES string of the molecule is COc1ccc([C@H](C)[NH2+]CC(=O)Nc2cc(Cl)ccc2F)cc1Br. The van der Waals surface area contributed by atoms with Crippen LogP contribution in [0.15, 0.2) is 40.9 Å². The molecule has 0 saturated carbocycles. The van der Waals surface area contributed by atoms with Crippen LogP contribution in [0.1, 0.15) is 18.5 Å². The molecule has 24 heavy (non-hydrogen) atoms. The fourth-order valence-corrected chi connectivity index (χ4v) is 2.91. The average molecular weight is 417 g/mol. The third-order valence-corrected chi connectivity index (χ3v) is 4.42. The second kappa shape index (κ2) is 8.46. The molecular weight excluding hydrogens is 399 g/mol. The highest BCUT2D eigenvalue weighted by molar-refractivity contribution is 9.10. The standard InChI is InChI=1S/C17H17BrClFN2O2/c1-10(11-3-6-16(24-2)13(18)7-11)21-9-17(23)22-15-8-12(19)4-5-14(15)20/h3-8,10,21H,9H2,1-2H3,(H,22,23)/p+1/t10-/m0/s1. The van der Waals surface area contributed by atoms with Gasteiger partial charge < -0.3 is 15.4 Å². The molecule has 1 amide bonds. The first-order valence-corrected chi connectivity index (χ1v) is 8.49. The molecule has 0 heterocycles. The summed E-state index contributed by atoms with van der Waals surface area (Å²) in [4.78, 5) is 12.0. The number of rotatable bonds is 6. The van der Waals surface area contributed by atoms with Crippen molar-refractivity contribution in [2.24, 2.45) is 0 Å². The molecule has 0 aliphatic carbocycles. The summed E-state index contributed by atoms with van der Waals surface area (Å²) >= 11 is 9.25. The lowest BCUT2D eigenvalue weighted by atomic mass is 10.1. The van der Waals surface area contributed by atoms with Gasteiger partial charge in [0.15, 0.2) is 6.54 Å². The monoisotopic (exact) mass is 415 g/mol. The Morgan fingerprint density at radius 3 is 2.79 bits per heavy atom. The van der Waals surface area contributed by atoms with Crippen LogP contribution in [0.25, 0.3) is 0 Å². The minimum Gasteiger partial charge on any atom is -0.496 e. The van der Waals surface area contributed by atoms with Gasteiger partial charge in [0.1, 0.15) is 17.6 Å². The molecule has 7 heteroatoms. The van der Waals surface area contributed by atoms with Crippen molar-refractivity contribution in [3.63, 3.8) is 0 Å². The molecular formula is C17H18BrClFN2O2+. The Hall–Kier alpha value is -1.63. The number of hydrogen-bond donors (Lipinski definition) is 2. The Bertz CT molecular complexity index is 743. The van der Waals surface area contributed by atoms with E-state index < -0.39 is 5.82 Å². The predicted octanol–water partition coefficient (Wildman–Crippen LogP) is 3.51. The number of methoxy groups -OCH3 is 1. The molecule has 128 valence electrons. The summed E-state index contributed by atoms with van der Waals surface area (Å²) in [6, 6.07) is 9.86. The maximum Gasteiger partial charge on any atom is 0.279 e. The minimum absolute atomic E-state index is 0.0576. The second-order valence-corrected chi connectivity index (χ2v) is 6.59. The van der Waals surface area contributed by atoms with E-state index in [1.54, 1.807) is 7.11 Å². The summed E-state index contributed by atoms with van der Waals surface area (Å²) in [6.07, 6.45) is 0. The summed E-state index contributed by atoms with van der Waals surface area (Å²) in [7, 11) is 1.61. The summed E-state index contributed by atoms with van der Waals surface area (Å²) in [5, 5.41) is 4.76. The van der Waals surface area contributed by atoms with E-state index in [4.69, 9.17) is 16.3 Å². The molecule has 2 rings (SSSR count). The molecule has 3 N–H and O–H groups in total. The zero-order valence-corrected chi connectivity index (χ0v) is 15.6. The number of benzene rings is 2. The highest BCUT2D eigenvalue weighted by atomic mass is 79.9. The molecule has 0 unspecified atom stereocenters. The number of hydrogen-bond acceptors (Lipinski definition) is 2. The summed E-state index contributed by atoms with van der Waals surface area (Å²) in [6.45, 7) is 2.15. The van der Waals surface area contributed by atoms with Gasteiger partial charge in [-0.05, 0) is 59.3 Å². The highest BCUT2D eigenvalue weighted by Crippen LogP contribution is 2.27. The van der Waals surface area contributed by atoms with Gasteiger partial charge in [0.25, 0.3) is 5.91 Å². The van der Waals surface area contributed by atoms with Gasteiger partial charge in [0.05, 0.1) is 17.3 Å². The van der Waals surface area contributed by atoms with Crippen LogP contribution in [-0.2, 0) is 4.79 Å². The van der Waals surface area contributed by atoms with E-state index in [-0.39, 0.29) is 24.2 Å². The van der Waals surface area contributed by atoms with E-state index in [9.17, 15) is 9.18 Å². The van der Waals surface area contributed by atoms with Gasteiger partial charge in [-0.25, -0.2) is 4.39 Å². The van der Waals surface area contributed by atoms with Crippen LogP contribution in [0.4, 0.5) is 10.1 Å². The highest BCUT2D eigenvalue weighted by Gasteiger charge is 2.14. The quantitative estimate of drug-likeness (QED) is 0.757. The maximum atomic E-state index is 13.6. The van der Waals surface area contributed by atoms with E-state index in [0.29, 0.717) is 5.02 Å². The Balaban J connectivity index is 1.93.